The molecule has 0 aliphatic carbocycles. The molecule has 0 radical (unpaired) electrons. The Kier molecular flexibility index (Phi) is 3.10. The highest BCUT2D eigenvalue weighted by atomic mass is 16.5. The van der Waals surface area contributed by atoms with E-state index in [-0.39, 0.29) is 5.97 Å². The van der Waals surface area contributed by atoms with Gasteiger partial charge in [0.2, 0.25) is 0 Å². The normalized spacial score (nSPS) is 10.3. The van der Waals surface area contributed by atoms with E-state index in [2.05, 4.69) is 14.9 Å². The van der Waals surface area contributed by atoms with E-state index in [1.165, 1.54) is 7.11 Å². The topological polar surface area (TPSA) is 52.1 Å². The summed E-state index contributed by atoms with van der Waals surface area (Å²) < 4.78 is 4.61. The smallest absolute Gasteiger partial charge is 0.305 e. The van der Waals surface area contributed by atoms with Crippen molar-refractivity contribution in [1.82, 2.24) is 10.2 Å². The number of aromatic nitrogens is 2. The molecule has 4 nitrogen and oxygen atoms in total. The molecule has 2 rings (SSSR count). The van der Waals surface area contributed by atoms with Crippen LogP contribution < -0.4 is 0 Å². The monoisotopic (exact) mass is 216 g/mol. The second-order valence-corrected chi connectivity index (χ2v) is 3.46. The third-order valence-corrected chi connectivity index (χ3v) is 2.46. The van der Waals surface area contributed by atoms with Crippen LogP contribution in [0.15, 0.2) is 30.5 Å². The van der Waals surface area contributed by atoms with Gasteiger partial charge >= 0.3 is 5.97 Å². The van der Waals surface area contributed by atoms with Crippen LogP contribution in [0, 0.1) is 0 Å². The number of methoxy groups -OCH3 is 1. The van der Waals surface area contributed by atoms with Gasteiger partial charge in [0.05, 0.1) is 18.8 Å². The molecule has 1 aromatic carbocycles. The maximum Gasteiger partial charge on any atom is 0.305 e. The van der Waals surface area contributed by atoms with Crippen LogP contribution in [0.1, 0.15) is 12.0 Å². The molecule has 0 fully saturated rings. The molecule has 16 heavy (non-hydrogen) atoms. The van der Waals surface area contributed by atoms with E-state index in [0.29, 0.717) is 12.8 Å². The summed E-state index contributed by atoms with van der Waals surface area (Å²) in [6.07, 6.45) is 2.69. The van der Waals surface area contributed by atoms with Crippen LogP contribution >= 0.6 is 0 Å². The van der Waals surface area contributed by atoms with Gasteiger partial charge in [-0.2, -0.15) is 10.2 Å². The van der Waals surface area contributed by atoms with Gasteiger partial charge in [-0.3, -0.25) is 4.79 Å². The summed E-state index contributed by atoms with van der Waals surface area (Å²) in [6.45, 7) is 0. The molecule has 82 valence electrons. The largest absolute Gasteiger partial charge is 0.469 e. The molecule has 0 unspecified atom stereocenters. The molecule has 0 N–H and O–H groups in total. The highest BCUT2D eigenvalue weighted by Crippen LogP contribution is 2.16. The molecular weight excluding hydrogens is 204 g/mol. The fourth-order valence-electron chi connectivity index (χ4n) is 1.60. The number of ether oxygens (including phenoxy) is 1. The van der Waals surface area contributed by atoms with Crippen LogP contribution in [0.4, 0.5) is 0 Å². The molecule has 0 atom stereocenters. The Labute approximate surface area is 93.3 Å². The molecule has 1 aromatic heterocycles. The predicted octanol–water partition coefficient (Wildman–Crippen LogP) is 1.74. The summed E-state index contributed by atoms with van der Waals surface area (Å²) in [6, 6.07) is 7.76. The van der Waals surface area contributed by atoms with E-state index in [0.717, 1.165) is 16.5 Å². The number of hydrogen-bond acceptors (Lipinski definition) is 4. The molecule has 2 aromatic rings. The number of rotatable bonds is 3. The Bertz CT molecular complexity index is 506. The van der Waals surface area contributed by atoms with Crippen LogP contribution in [-0.2, 0) is 16.0 Å². The fraction of sp³-hybridized carbons (Fsp3) is 0.250. The molecule has 0 saturated heterocycles. The molecule has 1 heterocycles. The average molecular weight is 216 g/mol. The zero-order valence-corrected chi connectivity index (χ0v) is 9.01. The first-order valence-corrected chi connectivity index (χ1v) is 5.07. The number of hydrogen-bond donors (Lipinski definition) is 0. The van der Waals surface area contributed by atoms with Gasteiger partial charge in [-0.05, 0) is 18.1 Å². The molecule has 0 bridgehead atoms. The lowest BCUT2D eigenvalue weighted by atomic mass is 10.1. The minimum Gasteiger partial charge on any atom is -0.469 e. The van der Waals surface area contributed by atoms with Crippen LogP contribution in [0.5, 0.6) is 0 Å². The molecule has 0 saturated carbocycles. The third-order valence-electron chi connectivity index (χ3n) is 2.46. The summed E-state index contributed by atoms with van der Waals surface area (Å²) in [4.78, 5) is 11.1. The first-order chi connectivity index (χ1) is 7.81. The Morgan fingerprint density at radius 2 is 2.19 bits per heavy atom. The minimum absolute atomic E-state index is 0.208. The predicted molar refractivity (Wildman–Crippen MR) is 59.9 cm³/mol. The summed E-state index contributed by atoms with van der Waals surface area (Å²) in [7, 11) is 1.39. The van der Waals surface area contributed by atoms with Gasteiger partial charge in [0.15, 0.2) is 0 Å². The maximum absolute atomic E-state index is 11.1. The Morgan fingerprint density at radius 3 is 3.00 bits per heavy atom. The molecule has 0 spiro atoms. The van der Waals surface area contributed by atoms with Crippen molar-refractivity contribution in [3.05, 3.63) is 36.0 Å². The summed E-state index contributed by atoms with van der Waals surface area (Å²) >= 11 is 0. The van der Waals surface area contributed by atoms with Crippen LogP contribution in [-0.4, -0.2) is 23.3 Å². The first-order valence-electron chi connectivity index (χ1n) is 5.07. The van der Waals surface area contributed by atoms with Crippen molar-refractivity contribution in [2.45, 2.75) is 12.8 Å². The van der Waals surface area contributed by atoms with Crippen molar-refractivity contribution >= 4 is 16.9 Å². The lowest BCUT2D eigenvalue weighted by Crippen LogP contribution is -2.02. The lowest BCUT2D eigenvalue weighted by molar-refractivity contribution is -0.140. The SMILES string of the molecule is COC(=O)CCc1cnnc2ccccc12. The first kappa shape index (κ1) is 10.5. The number of esters is 1. The van der Waals surface area contributed by atoms with E-state index in [9.17, 15) is 4.79 Å². The van der Waals surface area contributed by atoms with Gasteiger partial charge < -0.3 is 4.74 Å². The van der Waals surface area contributed by atoms with E-state index < -0.39 is 0 Å². The number of fused-ring (bicyclic) bond motifs is 1. The molecule has 0 aliphatic rings. The van der Waals surface area contributed by atoms with Gasteiger partial charge in [0, 0.05) is 11.8 Å². The van der Waals surface area contributed by atoms with Crippen molar-refractivity contribution in [1.29, 1.82) is 0 Å². The number of benzene rings is 1. The summed E-state index contributed by atoms with van der Waals surface area (Å²) in [5.74, 6) is -0.208. The summed E-state index contributed by atoms with van der Waals surface area (Å²) in [5, 5.41) is 8.98. The van der Waals surface area contributed by atoms with E-state index in [1.807, 2.05) is 24.3 Å². The Hall–Kier alpha value is -1.97. The number of nitrogens with zero attached hydrogens (tertiary/aromatic N) is 2. The van der Waals surface area contributed by atoms with Crippen molar-refractivity contribution in [3.8, 4) is 0 Å². The second-order valence-electron chi connectivity index (χ2n) is 3.46. The third kappa shape index (κ3) is 2.16. The summed E-state index contributed by atoms with van der Waals surface area (Å²) in [5.41, 5.74) is 1.88. The van der Waals surface area contributed by atoms with Gasteiger partial charge in [0.1, 0.15) is 0 Å². The lowest BCUT2D eigenvalue weighted by Gasteiger charge is -2.03. The number of aryl methyl sites for hydroxylation is 1. The average Bonchev–Trinajstić information content (AvgIpc) is 2.35. The van der Waals surface area contributed by atoms with Crippen LogP contribution in [0.25, 0.3) is 10.9 Å². The van der Waals surface area contributed by atoms with E-state index in [4.69, 9.17) is 0 Å². The second kappa shape index (κ2) is 4.70. The van der Waals surface area contributed by atoms with Crippen molar-refractivity contribution in [2.24, 2.45) is 0 Å². The fourth-order valence-corrected chi connectivity index (χ4v) is 1.60. The van der Waals surface area contributed by atoms with Gasteiger partial charge in [-0.1, -0.05) is 18.2 Å². The maximum atomic E-state index is 11.1. The van der Waals surface area contributed by atoms with Crippen molar-refractivity contribution in [2.75, 3.05) is 7.11 Å². The van der Waals surface area contributed by atoms with E-state index >= 15 is 0 Å². The highest BCUT2D eigenvalue weighted by molar-refractivity contribution is 5.81. The van der Waals surface area contributed by atoms with E-state index in [1.54, 1.807) is 6.20 Å². The Balaban J connectivity index is 2.27. The van der Waals surface area contributed by atoms with Gasteiger partial charge in [-0.15, -0.1) is 0 Å². The highest BCUT2D eigenvalue weighted by Gasteiger charge is 2.05. The van der Waals surface area contributed by atoms with Crippen LogP contribution in [0.3, 0.4) is 0 Å². The zero-order chi connectivity index (χ0) is 11.4. The quantitative estimate of drug-likeness (QED) is 0.733. The van der Waals surface area contributed by atoms with Gasteiger partial charge in [0.25, 0.3) is 0 Å². The number of carbonyl (C=O) groups is 1. The molecule has 4 heteroatoms. The minimum atomic E-state index is -0.208. The number of carbonyl (C=O) groups excluding carboxylic acids is 1. The van der Waals surface area contributed by atoms with Gasteiger partial charge in [-0.25, -0.2) is 0 Å². The zero-order valence-electron chi connectivity index (χ0n) is 9.01. The van der Waals surface area contributed by atoms with Crippen molar-refractivity contribution in [3.63, 3.8) is 0 Å². The van der Waals surface area contributed by atoms with Crippen LogP contribution in [0.2, 0.25) is 0 Å². The van der Waals surface area contributed by atoms with Crippen molar-refractivity contribution < 1.29 is 9.53 Å². The molecule has 0 aliphatic heterocycles. The Morgan fingerprint density at radius 1 is 1.38 bits per heavy atom. The standard InChI is InChI=1S/C12H12N2O2/c1-16-12(15)7-6-9-8-13-14-11-5-3-2-4-10(9)11/h2-5,8H,6-7H2,1H3. The molecule has 0 amide bonds. The molecular formula is C12H12N2O2.